The van der Waals surface area contributed by atoms with E-state index in [1.165, 1.54) is 23.8 Å². The van der Waals surface area contributed by atoms with Gasteiger partial charge in [-0.05, 0) is 45.0 Å². The van der Waals surface area contributed by atoms with E-state index in [9.17, 15) is 21.6 Å². The van der Waals surface area contributed by atoms with Gasteiger partial charge in [0.1, 0.15) is 6.61 Å². The van der Waals surface area contributed by atoms with Gasteiger partial charge in [-0.3, -0.25) is 4.72 Å². The first kappa shape index (κ1) is 20.3. The SMILES string of the molecule is CC(C)=CCO/N=C(\C)c1cc(Cl)ccc1NS(=O)(=O)C(F)(F)F. The van der Waals surface area contributed by atoms with Crippen molar-refractivity contribution >= 4 is 33.0 Å². The highest BCUT2D eigenvalue weighted by Crippen LogP contribution is 2.28. The van der Waals surface area contributed by atoms with Crippen molar-refractivity contribution in [2.45, 2.75) is 26.3 Å². The molecule has 0 fully saturated rings. The van der Waals surface area contributed by atoms with Crippen LogP contribution in [0.2, 0.25) is 5.02 Å². The highest BCUT2D eigenvalue weighted by molar-refractivity contribution is 7.93. The molecule has 0 heterocycles. The van der Waals surface area contributed by atoms with Crippen LogP contribution >= 0.6 is 11.6 Å². The monoisotopic (exact) mass is 384 g/mol. The Kier molecular flexibility index (Phi) is 6.67. The van der Waals surface area contributed by atoms with Gasteiger partial charge in [0.15, 0.2) is 0 Å². The molecular formula is C14H16ClF3N2O3S. The van der Waals surface area contributed by atoms with E-state index in [0.717, 1.165) is 11.6 Å². The minimum absolute atomic E-state index is 0.0764. The number of sulfonamides is 1. The van der Waals surface area contributed by atoms with Gasteiger partial charge in [0.25, 0.3) is 0 Å². The van der Waals surface area contributed by atoms with Gasteiger partial charge in [-0.15, -0.1) is 0 Å². The molecule has 0 spiro atoms. The summed E-state index contributed by atoms with van der Waals surface area (Å²) >= 11 is 5.82. The molecule has 0 radical (unpaired) electrons. The number of oxime groups is 1. The molecule has 5 nitrogen and oxygen atoms in total. The lowest BCUT2D eigenvalue weighted by Crippen LogP contribution is -2.30. The highest BCUT2D eigenvalue weighted by Gasteiger charge is 2.46. The number of hydrogen-bond donors (Lipinski definition) is 1. The lowest BCUT2D eigenvalue weighted by atomic mass is 10.1. The van der Waals surface area contributed by atoms with Gasteiger partial charge in [0.05, 0.1) is 11.4 Å². The fourth-order valence-electron chi connectivity index (χ4n) is 1.49. The Bertz CT molecular complexity index is 755. The Morgan fingerprint density at radius 3 is 2.50 bits per heavy atom. The standard InChI is InChI=1S/C14H16ClF3N2O3S/c1-9(2)6-7-23-19-10(3)12-8-11(15)4-5-13(12)20-24(21,22)14(16,17)18/h4-6,8,20H,7H2,1-3H3/b19-10+. The van der Waals surface area contributed by atoms with Crippen LogP contribution in [0.15, 0.2) is 35.0 Å². The third-order valence-electron chi connectivity index (χ3n) is 2.69. The smallest absolute Gasteiger partial charge is 0.391 e. The van der Waals surface area contributed by atoms with Crippen LogP contribution in [-0.4, -0.2) is 26.2 Å². The van der Waals surface area contributed by atoms with E-state index in [2.05, 4.69) is 5.16 Å². The maximum Gasteiger partial charge on any atom is 0.516 e. The number of nitrogens with zero attached hydrogens (tertiary/aromatic N) is 1. The first-order valence-corrected chi connectivity index (χ1v) is 8.49. The first-order valence-electron chi connectivity index (χ1n) is 6.63. The molecule has 0 amide bonds. The summed E-state index contributed by atoms with van der Waals surface area (Å²) in [4.78, 5) is 5.02. The molecule has 0 aliphatic rings. The summed E-state index contributed by atoms with van der Waals surface area (Å²) in [6.45, 7) is 5.35. The molecule has 0 aromatic heterocycles. The third-order valence-corrected chi connectivity index (χ3v) is 4.02. The molecule has 134 valence electrons. The number of hydrogen-bond acceptors (Lipinski definition) is 4. The van der Waals surface area contributed by atoms with Crippen molar-refractivity contribution in [1.29, 1.82) is 0 Å². The first-order chi connectivity index (χ1) is 10.9. The van der Waals surface area contributed by atoms with Crippen molar-refractivity contribution < 1.29 is 26.4 Å². The topological polar surface area (TPSA) is 67.8 Å². The third kappa shape index (κ3) is 5.72. The quantitative estimate of drug-likeness (QED) is 0.344. The number of benzene rings is 1. The van der Waals surface area contributed by atoms with Crippen LogP contribution in [0, 0.1) is 0 Å². The number of alkyl halides is 3. The summed E-state index contributed by atoms with van der Waals surface area (Å²) in [6, 6.07) is 3.67. The molecule has 0 atom stereocenters. The second kappa shape index (κ2) is 7.89. The zero-order chi connectivity index (χ0) is 18.5. The van der Waals surface area contributed by atoms with Crippen LogP contribution in [0.4, 0.5) is 18.9 Å². The zero-order valence-electron chi connectivity index (χ0n) is 13.1. The minimum Gasteiger partial charge on any atom is -0.391 e. The number of allylic oxidation sites excluding steroid dienone is 1. The molecule has 10 heteroatoms. The molecule has 1 N–H and O–H groups in total. The summed E-state index contributed by atoms with van der Waals surface area (Å²) < 4.78 is 61.6. The second-order valence-electron chi connectivity index (χ2n) is 5.00. The van der Waals surface area contributed by atoms with Gasteiger partial charge in [-0.1, -0.05) is 22.3 Å². The molecule has 0 aliphatic carbocycles. The molecule has 0 saturated carbocycles. The Morgan fingerprint density at radius 1 is 1.33 bits per heavy atom. The summed E-state index contributed by atoms with van der Waals surface area (Å²) in [6.07, 6.45) is 1.75. The summed E-state index contributed by atoms with van der Waals surface area (Å²) in [7, 11) is -5.55. The molecule has 0 saturated heterocycles. The molecule has 24 heavy (non-hydrogen) atoms. The lowest BCUT2D eigenvalue weighted by Gasteiger charge is -2.14. The minimum atomic E-state index is -5.55. The van der Waals surface area contributed by atoms with Crippen LogP contribution in [0.5, 0.6) is 0 Å². The Balaban J connectivity index is 3.13. The zero-order valence-corrected chi connectivity index (χ0v) is 14.7. The molecule has 0 bridgehead atoms. The van der Waals surface area contributed by atoms with Crippen LogP contribution in [-0.2, 0) is 14.9 Å². The van der Waals surface area contributed by atoms with E-state index >= 15 is 0 Å². The van der Waals surface area contributed by atoms with E-state index in [0.29, 0.717) is 0 Å². The average Bonchev–Trinajstić information content (AvgIpc) is 2.43. The maximum atomic E-state index is 12.5. The normalized spacial score (nSPS) is 12.7. The molecular weight excluding hydrogens is 369 g/mol. The number of anilines is 1. The fraction of sp³-hybridized carbons (Fsp3) is 0.357. The van der Waals surface area contributed by atoms with Crippen LogP contribution in [0.1, 0.15) is 26.3 Å². The van der Waals surface area contributed by atoms with Gasteiger partial charge in [0.2, 0.25) is 0 Å². The number of nitrogens with one attached hydrogen (secondary N) is 1. The largest absolute Gasteiger partial charge is 0.516 e. The summed E-state index contributed by atoms with van der Waals surface area (Å²) in [5.41, 5.74) is -4.49. The van der Waals surface area contributed by atoms with Crippen LogP contribution in [0.3, 0.4) is 0 Å². The molecule has 1 aromatic carbocycles. The summed E-state index contributed by atoms with van der Waals surface area (Å²) in [5, 5.41) is 3.96. The predicted octanol–water partition coefficient (Wildman–Crippen LogP) is 4.31. The molecule has 1 rings (SSSR count). The van der Waals surface area contributed by atoms with Crippen molar-refractivity contribution in [3.8, 4) is 0 Å². The van der Waals surface area contributed by atoms with Gasteiger partial charge in [-0.2, -0.15) is 21.6 Å². The van der Waals surface area contributed by atoms with Crippen molar-refractivity contribution in [1.82, 2.24) is 0 Å². The Hall–Kier alpha value is -1.74. The van der Waals surface area contributed by atoms with Crippen molar-refractivity contribution in [2.75, 3.05) is 11.3 Å². The number of rotatable bonds is 6. The van der Waals surface area contributed by atoms with Gasteiger partial charge >= 0.3 is 15.5 Å². The van der Waals surface area contributed by atoms with E-state index in [-0.39, 0.29) is 28.6 Å². The van der Waals surface area contributed by atoms with Crippen LogP contribution < -0.4 is 4.72 Å². The van der Waals surface area contributed by atoms with Crippen LogP contribution in [0.25, 0.3) is 0 Å². The fourth-order valence-corrected chi connectivity index (χ4v) is 2.25. The van der Waals surface area contributed by atoms with Crippen molar-refractivity contribution in [3.63, 3.8) is 0 Å². The highest BCUT2D eigenvalue weighted by atomic mass is 35.5. The Labute approximate surface area is 143 Å². The second-order valence-corrected chi connectivity index (χ2v) is 7.11. The average molecular weight is 385 g/mol. The van der Waals surface area contributed by atoms with Crippen molar-refractivity contribution in [2.24, 2.45) is 5.16 Å². The van der Waals surface area contributed by atoms with Gasteiger partial charge in [0, 0.05) is 10.6 Å². The maximum absolute atomic E-state index is 12.5. The van der Waals surface area contributed by atoms with Gasteiger partial charge in [-0.25, -0.2) is 0 Å². The molecule has 0 unspecified atom stereocenters. The predicted molar refractivity (Wildman–Crippen MR) is 87.6 cm³/mol. The van der Waals surface area contributed by atoms with E-state index in [1.807, 2.05) is 13.8 Å². The van der Waals surface area contributed by atoms with Crippen molar-refractivity contribution in [3.05, 3.63) is 40.4 Å². The lowest BCUT2D eigenvalue weighted by molar-refractivity contribution is -0.0429. The molecule has 1 aromatic rings. The van der Waals surface area contributed by atoms with E-state index in [1.54, 1.807) is 6.08 Å². The van der Waals surface area contributed by atoms with E-state index < -0.39 is 15.5 Å². The van der Waals surface area contributed by atoms with Gasteiger partial charge < -0.3 is 4.84 Å². The summed E-state index contributed by atoms with van der Waals surface area (Å²) in [5.74, 6) is 0. The Morgan fingerprint density at radius 2 is 1.96 bits per heavy atom. The number of halogens is 4. The van der Waals surface area contributed by atoms with E-state index in [4.69, 9.17) is 16.4 Å². The molecule has 0 aliphatic heterocycles.